The molecule has 3 aromatic heterocycles. The molecule has 0 radical (unpaired) electrons. The Morgan fingerprint density at radius 1 is 1.29 bits per heavy atom. The first-order chi connectivity index (χ1) is 11.8. The highest BCUT2D eigenvalue weighted by Gasteiger charge is 2.30. The summed E-state index contributed by atoms with van der Waals surface area (Å²) in [5, 5.41) is 5.61. The Kier molecular flexibility index (Phi) is 2.95. The van der Waals surface area contributed by atoms with Crippen LogP contribution in [0.1, 0.15) is 47.1 Å². The number of aromatic nitrogens is 5. The minimum absolute atomic E-state index is 0.481. The molecule has 0 bridgehead atoms. The minimum Gasteiger partial charge on any atom is -0.351 e. The maximum absolute atomic E-state index is 11.5. The molecule has 0 unspecified atom stereocenters. The van der Waals surface area contributed by atoms with Crippen molar-refractivity contribution in [1.29, 1.82) is 0 Å². The second-order valence-electron chi connectivity index (χ2n) is 6.57. The lowest BCUT2D eigenvalue weighted by Crippen LogP contribution is -2.33. The number of aromatic amines is 1. The smallest absolute Gasteiger partial charge is 0.170 e. The lowest BCUT2D eigenvalue weighted by Gasteiger charge is -2.32. The number of hydrogen-bond donors (Lipinski definition) is 1. The molecule has 1 N–H and O–H groups in total. The van der Waals surface area contributed by atoms with Crippen LogP contribution in [0.15, 0.2) is 18.6 Å². The van der Waals surface area contributed by atoms with Crippen molar-refractivity contribution in [3.05, 3.63) is 35.5 Å². The summed E-state index contributed by atoms with van der Waals surface area (Å²) in [5.74, 6) is 0.917. The van der Waals surface area contributed by atoms with E-state index in [0.29, 0.717) is 18.3 Å². The Morgan fingerprint density at radius 2 is 2.21 bits per heavy atom. The highest BCUT2D eigenvalue weighted by atomic mass is 16.1. The number of H-pyrrole nitrogens is 1. The molecule has 7 nitrogen and oxygen atoms in total. The van der Waals surface area contributed by atoms with Crippen molar-refractivity contribution in [2.75, 3.05) is 11.4 Å². The molecule has 0 amide bonds. The summed E-state index contributed by atoms with van der Waals surface area (Å²) in [6, 6.07) is 2.48. The van der Waals surface area contributed by atoms with Crippen LogP contribution in [0.2, 0.25) is 0 Å². The van der Waals surface area contributed by atoms with Crippen LogP contribution >= 0.6 is 0 Å². The zero-order valence-corrected chi connectivity index (χ0v) is 13.3. The van der Waals surface area contributed by atoms with Crippen LogP contribution in [0.3, 0.4) is 0 Å². The summed E-state index contributed by atoms with van der Waals surface area (Å²) >= 11 is 0. The Morgan fingerprint density at radius 3 is 3.00 bits per heavy atom. The monoisotopic (exact) mass is 322 g/mol. The highest BCUT2D eigenvalue weighted by Crippen LogP contribution is 2.36. The van der Waals surface area contributed by atoms with E-state index in [4.69, 9.17) is 0 Å². The van der Waals surface area contributed by atoms with E-state index in [1.54, 1.807) is 6.33 Å². The predicted molar refractivity (Wildman–Crippen MR) is 89.1 cm³/mol. The van der Waals surface area contributed by atoms with Crippen LogP contribution < -0.4 is 4.90 Å². The van der Waals surface area contributed by atoms with Gasteiger partial charge in [-0.05, 0) is 25.3 Å². The van der Waals surface area contributed by atoms with E-state index in [1.165, 1.54) is 25.0 Å². The summed E-state index contributed by atoms with van der Waals surface area (Å²) in [6.45, 7) is 1.55. The first-order valence-corrected chi connectivity index (χ1v) is 8.43. The molecule has 1 fully saturated rings. The summed E-state index contributed by atoms with van der Waals surface area (Å²) in [5.41, 5.74) is 3.72. The molecule has 7 heteroatoms. The number of hydrogen-bond acceptors (Lipinski definition) is 5. The second kappa shape index (κ2) is 5.15. The summed E-state index contributed by atoms with van der Waals surface area (Å²) in [4.78, 5) is 25.6. The van der Waals surface area contributed by atoms with E-state index in [-0.39, 0.29) is 0 Å². The van der Waals surface area contributed by atoms with Crippen molar-refractivity contribution < 1.29 is 4.79 Å². The Bertz CT molecular complexity index is 922. The van der Waals surface area contributed by atoms with Gasteiger partial charge in [0.2, 0.25) is 0 Å². The largest absolute Gasteiger partial charge is 0.351 e. The van der Waals surface area contributed by atoms with Gasteiger partial charge in [-0.15, -0.1) is 0 Å². The number of fused-ring (bicyclic) bond motifs is 2. The van der Waals surface area contributed by atoms with Crippen LogP contribution in [0.4, 0.5) is 5.82 Å². The number of nitrogens with zero attached hydrogens (tertiary/aromatic N) is 5. The van der Waals surface area contributed by atoms with Crippen molar-refractivity contribution in [2.24, 2.45) is 0 Å². The van der Waals surface area contributed by atoms with Crippen molar-refractivity contribution in [1.82, 2.24) is 24.7 Å². The van der Waals surface area contributed by atoms with Gasteiger partial charge in [-0.3, -0.25) is 9.48 Å². The normalized spacial score (nSPS) is 17.8. The van der Waals surface area contributed by atoms with E-state index in [2.05, 4.69) is 29.6 Å². The fourth-order valence-electron chi connectivity index (χ4n) is 3.79. The number of nitrogens with one attached hydrogen (secondary N) is 1. The summed E-state index contributed by atoms with van der Waals surface area (Å²) in [7, 11) is 0. The maximum atomic E-state index is 11.5. The standard InChI is InChI=1S/C17H18N6O/c24-9-14-13-8-22(17-12-4-6-18-16(12)19-10-20-17)7-5-15(13)23(21-14)11-2-1-3-11/h4,6,9-11H,1-3,5,7-8H2,(H,18,19,20). The van der Waals surface area contributed by atoms with Gasteiger partial charge >= 0.3 is 0 Å². The van der Waals surface area contributed by atoms with Crippen LogP contribution in [0, 0.1) is 0 Å². The number of aldehydes is 1. The molecule has 0 atom stereocenters. The molecule has 0 spiro atoms. The quantitative estimate of drug-likeness (QED) is 0.748. The zero-order valence-electron chi connectivity index (χ0n) is 13.3. The fourth-order valence-corrected chi connectivity index (χ4v) is 3.79. The lowest BCUT2D eigenvalue weighted by atomic mass is 9.92. The van der Waals surface area contributed by atoms with E-state index in [9.17, 15) is 4.79 Å². The topological polar surface area (TPSA) is 79.7 Å². The molecular weight excluding hydrogens is 304 g/mol. The van der Waals surface area contributed by atoms with Gasteiger partial charge in [-0.25, -0.2) is 9.97 Å². The fraction of sp³-hybridized carbons (Fsp3) is 0.412. The number of carbonyl (C=O) groups excluding carboxylic acids is 1. The van der Waals surface area contributed by atoms with Crippen LogP contribution in [-0.4, -0.2) is 37.6 Å². The molecule has 5 rings (SSSR count). The summed E-state index contributed by atoms with van der Waals surface area (Å²) in [6.07, 6.45) is 8.85. The molecule has 4 heterocycles. The van der Waals surface area contributed by atoms with E-state index in [0.717, 1.165) is 41.7 Å². The number of anilines is 1. The number of carbonyl (C=O) groups is 1. The maximum Gasteiger partial charge on any atom is 0.170 e. The number of rotatable bonds is 3. The van der Waals surface area contributed by atoms with Gasteiger partial charge in [0, 0.05) is 37.0 Å². The van der Waals surface area contributed by atoms with Crippen LogP contribution in [0.25, 0.3) is 11.0 Å². The Balaban J connectivity index is 1.55. The molecule has 24 heavy (non-hydrogen) atoms. The van der Waals surface area contributed by atoms with Gasteiger partial charge < -0.3 is 9.88 Å². The van der Waals surface area contributed by atoms with Gasteiger partial charge in [0.15, 0.2) is 6.29 Å². The first-order valence-electron chi connectivity index (χ1n) is 8.43. The van der Waals surface area contributed by atoms with Crippen molar-refractivity contribution in [2.45, 2.75) is 38.3 Å². The van der Waals surface area contributed by atoms with Gasteiger partial charge in [0.05, 0.1) is 11.4 Å². The molecule has 3 aromatic rings. The molecule has 0 saturated heterocycles. The third-order valence-electron chi connectivity index (χ3n) is 5.28. The van der Waals surface area contributed by atoms with E-state index in [1.807, 2.05) is 12.3 Å². The second-order valence-corrected chi connectivity index (χ2v) is 6.57. The lowest BCUT2D eigenvalue weighted by molar-refractivity contribution is 0.111. The van der Waals surface area contributed by atoms with E-state index < -0.39 is 0 Å². The van der Waals surface area contributed by atoms with Crippen molar-refractivity contribution in [3.8, 4) is 0 Å². The summed E-state index contributed by atoms with van der Waals surface area (Å²) < 4.78 is 2.12. The van der Waals surface area contributed by atoms with Gasteiger partial charge in [-0.2, -0.15) is 5.10 Å². The molecule has 1 aliphatic carbocycles. The molecular formula is C17H18N6O. The van der Waals surface area contributed by atoms with Crippen LogP contribution in [-0.2, 0) is 13.0 Å². The van der Waals surface area contributed by atoms with E-state index >= 15 is 0 Å². The van der Waals surface area contributed by atoms with Gasteiger partial charge in [0.1, 0.15) is 23.5 Å². The molecule has 122 valence electrons. The Hall–Kier alpha value is -2.70. The first kappa shape index (κ1) is 13.7. The molecule has 1 aliphatic heterocycles. The average molecular weight is 322 g/mol. The van der Waals surface area contributed by atoms with Gasteiger partial charge in [0.25, 0.3) is 0 Å². The molecule has 1 saturated carbocycles. The zero-order chi connectivity index (χ0) is 16.1. The third-order valence-corrected chi connectivity index (χ3v) is 5.28. The predicted octanol–water partition coefficient (Wildman–Crippen LogP) is 2.25. The van der Waals surface area contributed by atoms with Crippen molar-refractivity contribution >= 4 is 23.1 Å². The minimum atomic E-state index is 0.481. The van der Waals surface area contributed by atoms with Gasteiger partial charge in [-0.1, -0.05) is 0 Å². The van der Waals surface area contributed by atoms with Crippen LogP contribution in [0.5, 0.6) is 0 Å². The SMILES string of the molecule is O=Cc1nn(C2CCC2)c2c1CN(c1ncnc3[nH]ccc13)CC2. The highest BCUT2D eigenvalue weighted by molar-refractivity contribution is 5.87. The molecule has 0 aromatic carbocycles. The average Bonchev–Trinajstić information content (AvgIpc) is 3.17. The molecule has 2 aliphatic rings. The van der Waals surface area contributed by atoms with Crippen molar-refractivity contribution in [3.63, 3.8) is 0 Å². The Labute approximate surface area is 138 Å². The third kappa shape index (κ3) is 1.90.